The average Bonchev–Trinajstić information content (AvgIpc) is 3.51. The Balaban J connectivity index is 1.31. The van der Waals surface area contributed by atoms with Crippen LogP contribution < -0.4 is 10.1 Å². The lowest BCUT2D eigenvalue weighted by atomic mass is 10.1. The highest BCUT2D eigenvalue weighted by Crippen LogP contribution is 2.39. The number of benzene rings is 3. The second-order valence-corrected chi connectivity index (χ2v) is 10.2. The predicted octanol–water partition coefficient (Wildman–Crippen LogP) is 5.36. The Morgan fingerprint density at radius 3 is 2.57 bits per heavy atom. The molecule has 3 aromatic carbocycles. The van der Waals surface area contributed by atoms with E-state index in [-0.39, 0.29) is 5.91 Å². The van der Waals surface area contributed by atoms with Crippen LogP contribution in [0.1, 0.15) is 22.3 Å². The third kappa shape index (κ3) is 5.07. The minimum absolute atomic E-state index is 0.162. The first-order valence-electron chi connectivity index (χ1n) is 11.8. The first-order chi connectivity index (χ1) is 17.0. The van der Waals surface area contributed by atoms with Gasteiger partial charge in [0, 0.05) is 36.8 Å². The number of nitrogens with one attached hydrogen (secondary N) is 1. The molecular weight excluding hydrogens is 456 g/mol. The highest BCUT2D eigenvalue weighted by Gasteiger charge is 2.23. The van der Waals surface area contributed by atoms with Crippen molar-refractivity contribution in [3.05, 3.63) is 77.9 Å². The lowest BCUT2D eigenvalue weighted by Crippen LogP contribution is -2.31. The van der Waals surface area contributed by atoms with Gasteiger partial charge in [0.2, 0.25) is 0 Å². The molecule has 1 aromatic heterocycles. The highest BCUT2D eigenvalue weighted by molar-refractivity contribution is 7.23. The number of rotatable bonds is 7. The highest BCUT2D eigenvalue weighted by atomic mass is 32.1. The first-order valence-corrected chi connectivity index (χ1v) is 12.7. The summed E-state index contributed by atoms with van der Waals surface area (Å²) in [6, 6.07) is 22.7. The van der Waals surface area contributed by atoms with E-state index in [4.69, 9.17) is 9.72 Å². The first kappa shape index (κ1) is 23.5. The number of hydrogen-bond donors (Lipinski definition) is 1. The van der Waals surface area contributed by atoms with Crippen LogP contribution in [-0.2, 0) is 6.54 Å². The van der Waals surface area contributed by atoms with Crippen molar-refractivity contribution in [2.75, 3.05) is 39.6 Å². The fourth-order valence-corrected chi connectivity index (χ4v) is 5.63. The molecule has 1 atom stereocenters. The number of carbonyl (C=O) groups is 1. The molecule has 0 radical (unpaired) electrons. The molecular formula is C28H30N4O2S. The van der Waals surface area contributed by atoms with Gasteiger partial charge in [-0.05, 0) is 55.9 Å². The van der Waals surface area contributed by atoms with E-state index in [1.165, 1.54) is 23.3 Å². The van der Waals surface area contributed by atoms with Crippen LogP contribution in [0.2, 0.25) is 0 Å². The lowest BCUT2D eigenvalue weighted by molar-refractivity contribution is 0.102. The summed E-state index contributed by atoms with van der Waals surface area (Å²) in [6.45, 7) is 3.10. The SMILES string of the molecule is COc1ccc(-c2ccccc2)c2sc(NC(=O)c3ccc(CN4CC[C@H](N(C)C)C4)cc3)nc12. The van der Waals surface area contributed by atoms with Crippen LogP contribution in [0.25, 0.3) is 21.3 Å². The molecule has 5 rings (SSSR count). The van der Waals surface area contributed by atoms with Gasteiger partial charge in [-0.1, -0.05) is 53.8 Å². The van der Waals surface area contributed by atoms with Gasteiger partial charge in [-0.2, -0.15) is 0 Å². The molecule has 0 unspecified atom stereocenters. The number of likely N-dealkylation sites (tertiary alicyclic amines) is 1. The number of ether oxygens (including phenoxy) is 1. The average molecular weight is 487 g/mol. The molecule has 4 aromatic rings. The Hall–Kier alpha value is -3.26. The molecule has 1 amide bonds. The molecule has 0 spiro atoms. The predicted molar refractivity (Wildman–Crippen MR) is 143 cm³/mol. The van der Waals surface area contributed by atoms with E-state index in [0.29, 0.717) is 22.5 Å². The number of likely N-dealkylation sites (N-methyl/N-ethyl adjacent to an activating group) is 1. The molecule has 6 nitrogen and oxygen atoms in total. The number of amides is 1. The van der Waals surface area contributed by atoms with Gasteiger partial charge in [0.25, 0.3) is 5.91 Å². The minimum atomic E-state index is -0.162. The quantitative estimate of drug-likeness (QED) is 0.381. The summed E-state index contributed by atoms with van der Waals surface area (Å²) in [6.07, 6.45) is 1.20. The van der Waals surface area contributed by atoms with E-state index in [0.717, 1.165) is 41.0 Å². The molecule has 0 bridgehead atoms. The topological polar surface area (TPSA) is 57.7 Å². The second-order valence-electron chi connectivity index (χ2n) is 9.17. The third-order valence-electron chi connectivity index (χ3n) is 6.63. The van der Waals surface area contributed by atoms with Crippen LogP contribution in [0.5, 0.6) is 5.75 Å². The van der Waals surface area contributed by atoms with Crippen LogP contribution in [0.3, 0.4) is 0 Å². The maximum absolute atomic E-state index is 13.0. The normalized spacial score (nSPS) is 16.2. The monoisotopic (exact) mass is 486 g/mol. The molecule has 1 fully saturated rings. The summed E-state index contributed by atoms with van der Waals surface area (Å²) in [7, 11) is 5.93. The fraction of sp³-hybridized carbons (Fsp3) is 0.286. The standard InChI is InChI=1S/C28H30N4O2S/c1-31(2)22-15-16-32(18-22)17-19-9-11-21(12-10-19)27(33)30-28-29-25-24(34-3)14-13-23(26(25)35-28)20-7-5-4-6-8-20/h4-14,22H,15-18H2,1-3H3,(H,29,30,33)/t22-/m0/s1. The maximum atomic E-state index is 13.0. The summed E-state index contributed by atoms with van der Waals surface area (Å²) in [5, 5.41) is 3.54. The number of aromatic nitrogens is 1. The molecule has 35 heavy (non-hydrogen) atoms. The molecule has 2 heterocycles. The van der Waals surface area contributed by atoms with Crippen molar-refractivity contribution in [3.8, 4) is 16.9 Å². The molecule has 0 saturated carbocycles. The van der Waals surface area contributed by atoms with Crippen LogP contribution in [-0.4, -0.2) is 61.0 Å². The van der Waals surface area contributed by atoms with Crippen molar-refractivity contribution in [3.63, 3.8) is 0 Å². The Kier molecular flexibility index (Phi) is 6.81. The number of anilines is 1. The Bertz CT molecular complexity index is 1320. The zero-order chi connectivity index (χ0) is 24.4. The number of fused-ring (bicyclic) bond motifs is 1. The van der Waals surface area contributed by atoms with Crippen LogP contribution in [0, 0.1) is 0 Å². The third-order valence-corrected chi connectivity index (χ3v) is 7.64. The number of thiazole rings is 1. The Morgan fingerprint density at radius 1 is 1.11 bits per heavy atom. The lowest BCUT2D eigenvalue weighted by Gasteiger charge is -2.20. The molecule has 7 heteroatoms. The van der Waals surface area contributed by atoms with E-state index in [9.17, 15) is 4.79 Å². The van der Waals surface area contributed by atoms with Crippen LogP contribution >= 0.6 is 11.3 Å². The van der Waals surface area contributed by atoms with Crippen molar-refractivity contribution in [2.24, 2.45) is 0 Å². The van der Waals surface area contributed by atoms with Gasteiger partial charge in [0.05, 0.1) is 11.8 Å². The van der Waals surface area contributed by atoms with Gasteiger partial charge in [-0.25, -0.2) is 4.98 Å². The van der Waals surface area contributed by atoms with Crippen molar-refractivity contribution in [2.45, 2.75) is 19.0 Å². The smallest absolute Gasteiger partial charge is 0.257 e. The van der Waals surface area contributed by atoms with E-state index < -0.39 is 0 Å². The summed E-state index contributed by atoms with van der Waals surface area (Å²) in [4.78, 5) is 22.4. The Labute approximate surface area is 210 Å². The second kappa shape index (κ2) is 10.2. The fourth-order valence-electron chi connectivity index (χ4n) is 4.61. The molecule has 1 N–H and O–H groups in total. The summed E-state index contributed by atoms with van der Waals surface area (Å²) in [5.41, 5.74) is 4.77. The van der Waals surface area contributed by atoms with Crippen molar-refractivity contribution < 1.29 is 9.53 Å². The number of nitrogens with zero attached hydrogens (tertiary/aromatic N) is 3. The van der Waals surface area contributed by atoms with E-state index in [2.05, 4.69) is 41.3 Å². The van der Waals surface area contributed by atoms with Crippen LogP contribution in [0.15, 0.2) is 66.7 Å². The minimum Gasteiger partial charge on any atom is -0.494 e. The van der Waals surface area contributed by atoms with Crippen molar-refractivity contribution in [1.82, 2.24) is 14.8 Å². The number of carbonyl (C=O) groups excluding carboxylic acids is 1. The van der Waals surface area contributed by atoms with Crippen molar-refractivity contribution >= 4 is 32.6 Å². The number of methoxy groups -OCH3 is 1. The molecule has 1 aliphatic rings. The molecule has 0 aliphatic carbocycles. The van der Waals surface area contributed by atoms with Gasteiger partial charge in [0.15, 0.2) is 5.13 Å². The molecule has 1 saturated heterocycles. The largest absolute Gasteiger partial charge is 0.494 e. The van der Waals surface area contributed by atoms with E-state index >= 15 is 0 Å². The van der Waals surface area contributed by atoms with Crippen LogP contribution in [0.4, 0.5) is 5.13 Å². The van der Waals surface area contributed by atoms with Gasteiger partial charge in [-0.15, -0.1) is 0 Å². The van der Waals surface area contributed by atoms with Gasteiger partial charge in [-0.3, -0.25) is 15.0 Å². The molecule has 1 aliphatic heterocycles. The maximum Gasteiger partial charge on any atom is 0.257 e. The summed E-state index contributed by atoms with van der Waals surface area (Å²) in [5.74, 6) is 0.531. The van der Waals surface area contributed by atoms with Gasteiger partial charge >= 0.3 is 0 Å². The summed E-state index contributed by atoms with van der Waals surface area (Å²) < 4.78 is 6.52. The Morgan fingerprint density at radius 2 is 1.89 bits per heavy atom. The van der Waals surface area contributed by atoms with Gasteiger partial charge in [0.1, 0.15) is 11.3 Å². The molecule has 180 valence electrons. The zero-order valence-electron chi connectivity index (χ0n) is 20.3. The van der Waals surface area contributed by atoms with E-state index in [1.807, 2.05) is 54.6 Å². The summed E-state index contributed by atoms with van der Waals surface area (Å²) >= 11 is 1.46. The van der Waals surface area contributed by atoms with E-state index in [1.54, 1.807) is 7.11 Å². The number of hydrogen-bond acceptors (Lipinski definition) is 6. The zero-order valence-corrected chi connectivity index (χ0v) is 21.1. The van der Waals surface area contributed by atoms with Crippen molar-refractivity contribution in [1.29, 1.82) is 0 Å². The van der Waals surface area contributed by atoms with Gasteiger partial charge < -0.3 is 9.64 Å².